The topological polar surface area (TPSA) is 61.3 Å². The summed E-state index contributed by atoms with van der Waals surface area (Å²) < 4.78 is 11.0. The maximum atomic E-state index is 12.0. The summed E-state index contributed by atoms with van der Waals surface area (Å²) in [6, 6.07) is 9.74. The molecule has 5 nitrogen and oxygen atoms in total. The molecule has 1 heterocycles. The SMILES string of the molecule is CCCOc1cnc(OC(=O)CCC(C)CC)nc1-c1ccccc1. The molecular formula is C20H26N2O3. The Hall–Kier alpha value is -2.43. The van der Waals surface area contributed by atoms with Crippen LogP contribution in [0.3, 0.4) is 0 Å². The third kappa shape index (κ3) is 5.85. The predicted molar refractivity (Wildman–Crippen MR) is 97.6 cm³/mol. The first-order valence-corrected chi connectivity index (χ1v) is 8.90. The summed E-state index contributed by atoms with van der Waals surface area (Å²) in [6.45, 7) is 6.85. The number of nitrogens with zero attached hydrogens (tertiary/aromatic N) is 2. The molecule has 0 aliphatic rings. The fraction of sp³-hybridized carbons (Fsp3) is 0.450. The molecule has 0 radical (unpaired) electrons. The summed E-state index contributed by atoms with van der Waals surface area (Å²) in [4.78, 5) is 20.5. The summed E-state index contributed by atoms with van der Waals surface area (Å²) >= 11 is 0. The minimum atomic E-state index is -0.304. The Kier molecular flexibility index (Phi) is 7.38. The largest absolute Gasteiger partial charge is 0.490 e. The van der Waals surface area contributed by atoms with Gasteiger partial charge in [-0.25, -0.2) is 0 Å². The molecule has 1 unspecified atom stereocenters. The summed E-state index contributed by atoms with van der Waals surface area (Å²) in [5.74, 6) is 0.784. The van der Waals surface area contributed by atoms with Gasteiger partial charge in [-0.1, -0.05) is 57.5 Å². The molecular weight excluding hydrogens is 316 g/mol. The van der Waals surface area contributed by atoms with Crippen molar-refractivity contribution in [3.63, 3.8) is 0 Å². The molecule has 0 amide bonds. The third-order valence-corrected chi connectivity index (χ3v) is 3.99. The Morgan fingerprint density at radius 1 is 1.20 bits per heavy atom. The lowest BCUT2D eigenvalue weighted by Crippen LogP contribution is -2.12. The molecule has 1 aromatic carbocycles. The second-order valence-electron chi connectivity index (χ2n) is 6.11. The number of aromatic nitrogens is 2. The van der Waals surface area contributed by atoms with Gasteiger partial charge in [-0.2, -0.15) is 9.97 Å². The normalized spacial score (nSPS) is 11.8. The van der Waals surface area contributed by atoms with Gasteiger partial charge in [0.2, 0.25) is 0 Å². The van der Waals surface area contributed by atoms with E-state index in [2.05, 4.69) is 23.8 Å². The Labute approximate surface area is 149 Å². The quantitative estimate of drug-likeness (QED) is 0.620. The van der Waals surface area contributed by atoms with Crippen LogP contribution < -0.4 is 9.47 Å². The van der Waals surface area contributed by atoms with Crippen LogP contribution in [0.5, 0.6) is 11.8 Å². The van der Waals surface area contributed by atoms with E-state index in [1.54, 1.807) is 6.20 Å². The van der Waals surface area contributed by atoms with Gasteiger partial charge < -0.3 is 9.47 Å². The van der Waals surface area contributed by atoms with Crippen LogP contribution in [0.2, 0.25) is 0 Å². The summed E-state index contributed by atoms with van der Waals surface area (Å²) in [7, 11) is 0. The number of hydrogen-bond acceptors (Lipinski definition) is 5. The maximum Gasteiger partial charge on any atom is 0.325 e. The number of carbonyl (C=O) groups is 1. The number of ether oxygens (including phenoxy) is 2. The van der Waals surface area contributed by atoms with Gasteiger partial charge >= 0.3 is 12.0 Å². The van der Waals surface area contributed by atoms with Crippen LogP contribution in [-0.2, 0) is 4.79 Å². The Bertz CT molecular complexity index is 674. The van der Waals surface area contributed by atoms with Crippen LogP contribution in [0.25, 0.3) is 11.3 Å². The van der Waals surface area contributed by atoms with E-state index in [9.17, 15) is 4.79 Å². The number of benzene rings is 1. The maximum absolute atomic E-state index is 12.0. The van der Waals surface area contributed by atoms with E-state index in [0.29, 0.717) is 30.4 Å². The first-order valence-electron chi connectivity index (χ1n) is 8.90. The molecule has 0 bridgehead atoms. The van der Waals surface area contributed by atoms with Crippen molar-refractivity contribution in [2.45, 2.75) is 46.5 Å². The van der Waals surface area contributed by atoms with E-state index >= 15 is 0 Å². The Morgan fingerprint density at radius 3 is 2.64 bits per heavy atom. The molecule has 0 fully saturated rings. The van der Waals surface area contributed by atoms with Crippen LogP contribution in [0, 0.1) is 5.92 Å². The number of esters is 1. The van der Waals surface area contributed by atoms with Crippen LogP contribution in [0.4, 0.5) is 0 Å². The Balaban J connectivity index is 2.16. The molecule has 1 atom stereocenters. The van der Waals surface area contributed by atoms with E-state index < -0.39 is 0 Å². The molecule has 1 aromatic heterocycles. The van der Waals surface area contributed by atoms with E-state index in [1.807, 2.05) is 37.3 Å². The van der Waals surface area contributed by atoms with Gasteiger partial charge in [0.1, 0.15) is 5.69 Å². The van der Waals surface area contributed by atoms with Crippen molar-refractivity contribution in [3.05, 3.63) is 36.5 Å². The second kappa shape index (κ2) is 9.77. The Morgan fingerprint density at radius 2 is 1.96 bits per heavy atom. The minimum absolute atomic E-state index is 0.0665. The molecule has 5 heteroatoms. The summed E-state index contributed by atoms with van der Waals surface area (Å²) in [6.07, 6.45) is 4.68. The molecule has 0 saturated heterocycles. The van der Waals surface area contributed by atoms with Crippen molar-refractivity contribution in [2.24, 2.45) is 5.92 Å². The number of hydrogen-bond donors (Lipinski definition) is 0. The van der Waals surface area contributed by atoms with Gasteiger partial charge in [0.05, 0.1) is 12.8 Å². The van der Waals surface area contributed by atoms with E-state index in [1.165, 1.54) is 0 Å². The fourth-order valence-corrected chi connectivity index (χ4v) is 2.25. The summed E-state index contributed by atoms with van der Waals surface area (Å²) in [5.41, 5.74) is 1.53. The van der Waals surface area contributed by atoms with Gasteiger partial charge in [-0.15, -0.1) is 0 Å². The zero-order valence-corrected chi connectivity index (χ0v) is 15.2. The van der Waals surface area contributed by atoms with Crippen molar-refractivity contribution >= 4 is 5.97 Å². The van der Waals surface area contributed by atoms with Crippen molar-refractivity contribution < 1.29 is 14.3 Å². The highest BCUT2D eigenvalue weighted by Crippen LogP contribution is 2.29. The van der Waals surface area contributed by atoms with Gasteiger partial charge in [0.25, 0.3) is 0 Å². The smallest absolute Gasteiger partial charge is 0.325 e. The highest BCUT2D eigenvalue weighted by atomic mass is 16.5. The molecule has 25 heavy (non-hydrogen) atoms. The summed E-state index contributed by atoms with van der Waals surface area (Å²) in [5, 5.41) is 0. The average Bonchev–Trinajstić information content (AvgIpc) is 2.65. The number of carbonyl (C=O) groups excluding carboxylic acids is 1. The van der Waals surface area contributed by atoms with Gasteiger partial charge in [0.15, 0.2) is 5.75 Å². The van der Waals surface area contributed by atoms with Crippen LogP contribution in [-0.4, -0.2) is 22.5 Å². The lowest BCUT2D eigenvalue weighted by molar-refractivity contribution is -0.135. The van der Waals surface area contributed by atoms with Crippen molar-refractivity contribution in [1.29, 1.82) is 0 Å². The van der Waals surface area contributed by atoms with E-state index in [4.69, 9.17) is 9.47 Å². The average molecular weight is 342 g/mol. The van der Waals surface area contributed by atoms with E-state index in [0.717, 1.165) is 24.8 Å². The monoisotopic (exact) mass is 342 g/mol. The van der Waals surface area contributed by atoms with E-state index in [-0.39, 0.29) is 12.0 Å². The molecule has 0 N–H and O–H groups in total. The van der Waals surface area contributed by atoms with Crippen LogP contribution in [0.15, 0.2) is 36.5 Å². The first-order chi connectivity index (χ1) is 12.1. The highest BCUT2D eigenvalue weighted by molar-refractivity contribution is 5.72. The van der Waals surface area contributed by atoms with Crippen LogP contribution >= 0.6 is 0 Å². The molecule has 134 valence electrons. The molecule has 2 aromatic rings. The second-order valence-corrected chi connectivity index (χ2v) is 6.11. The predicted octanol–water partition coefficient (Wildman–Crippen LogP) is 4.66. The number of rotatable bonds is 9. The van der Waals surface area contributed by atoms with Crippen molar-refractivity contribution in [1.82, 2.24) is 9.97 Å². The molecule has 0 saturated carbocycles. The van der Waals surface area contributed by atoms with Crippen LogP contribution in [0.1, 0.15) is 46.5 Å². The lowest BCUT2D eigenvalue weighted by Gasteiger charge is -2.11. The molecule has 2 rings (SSSR count). The standard InChI is InChI=1S/C20H26N2O3/c1-4-13-24-17-14-21-20(25-18(23)12-11-15(3)5-2)22-19(17)16-9-7-6-8-10-16/h6-10,14-15H,4-5,11-13H2,1-3H3. The molecule has 0 spiro atoms. The third-order valence-electron chi connectivity index (χ3n) is 3.99. The van der Waals surface area contributed by atoms with Gasteiger partial charge in [0, 0.05) is 12.0 Å². The molecule has 0 aliphatic heterocycles. The highest BCUT2D eigenvalue weighted by Gasteiger charge is 2.14. The van der Waals surface area contributed by atoms with Gasteiger partial charge in [-0.05, 0) is 18.8 Å². The van der Waals surface area contributed by atoms with Crippen molar-refractivity contribution in [2.75, 3.05) is 6.61 Å². The zero-order chi connectivity index (χ0) is 18.1. The zero-order valence-electron chi connectivity index (χ0n) is 15.2. The fourth-order valence-electron chi connectivity index (χ4n) is 2.25. The molecule has 0 aliphatic carbocycles. The minimum Gasteiger partial charge on any atom is -0.490 e. The van der Waals surface area contributed by atoms with Crippen molar-refractivity contribution in [3.8, 4) is 23.0 Å². The first kappa shape index (κ1) is 18.9. The lowest BCUT2D eigenvalue weighted by atomic mass is 10.0. The van der Waals surface area contributed by atoms with Gasteiger partial charge in [-0.3, -0.25) is 4.79 Å².